The van der Waals surface area contributed by atoms with Crippen molar-refractivity contribution in [1.82, 2.24) is 20.3 Å². The quantitative estimate of drug-likeness (QED) is 0.633. The number of nitrogens with zero attached hydrogens (tertiary/aromatic N) is 5. The molecule has 0 aliphatic carbocycles. The van der Waals surface area contributed by atoms with Gasteiger partial charge in [-0.1, -0.05) is 16.5 Å². The summed E-state index contributed by atoms with van der Waals surface area (Å²) in [4.78, 5) is 6.27. The van der Waals surface area contributed by atoms with E-state index in [4.69, 9.17) is 9.26 Å². The lowest BCUT2D eigenvalue weighted by atomic mass is 10.3. The maximum Gasteiger partial charge on any atom is 0.233 e. The number of hydrogen-bond acceptors (Lipinski definition) is 8. The first-order valence-electron chi connectivity index (χ1n) is 7.59. The van der Waals surface area contributed by atoms with Crippen molar-refractivity contribution in [3.05, 3.63) is 34.4 Å². The monoisotopic (exact) mass is 425 g/mol. The molecule has 1 aromatic carbocycles. The fourth-order valence-corrected chi connectivity index (χ4v) is 3.82. The van der Waals surface area contributed by atoms with Crippen molar-refractivity contribution in [2.24, 2.45) is 0 Å². The van der Waals surface area contributed by atoms with Crippen molar-refractivity contribution in [3.8, 4) is 16.6 Å². The third-order valence-electron chi connectivity index (χ3n) is 3.74. The summed E-state index contributed by atoms with van der Waals surface area (Å²) in [7, 11) is 0. The number of anilines is 1. The van der Waals surface area contributed by atoms with E-state index in [9.17, 15) is 4.39 Å². The van der Waals surface area contributed by atoms with Gasteiger partial charge in [-0.15, -0.1) is 10.2 Å². The molecule has 0 amide bonds. The molecule has 0 radical (unpaired) electrons. The SMILES string of the molecule is Cc1nc(-c2nnc(N3CCC(Oc4ccc(F)cc4Br)C3)s2)no1. The molecule has 25 heavy (non-hydrogen) atoms. The van der Waals surface area contributed by atoms with E-state index < -0.39 is 0 Å². The Morgan fingerprint density at radius 2 is 2.28 bits per heavy atom. The fraction of sp³-hybridized carbons (Fsp3) is 0.333. The molecule has 3 heterocycles. The first-order chi connectivity index (χ1) is 12.1. The zero-order valence-corrected chi connectivity index (χ0v) is 15.5. The Morgan fingerprint density at radius 1 is 1.40 bits per heavy atom. The molecule has 1 atom stereocenters. The van der Waals surface area contributed by atoms with E-state index in [1.165, 1.54) is 23.5 Å². The topological polar surface area (TPSA) is 77.2 Å². The highest BCUT2D eigenvalue weighted by molar-refractivity contribution is 9.10. The molecule has 1 aliphatic rings. The van der Waals surface area contributed by atoms with Crippen LogP contribution in [0.5, 0.6) is 5.75 Å². The number of benzene rings is 1. The fourth-order valence-electron chi connectivity index (χ4n) is 2.57. The standard InChI is InChI=1S/C15H13BrFN5O2S/c1-8-18-13(21-24-8)14-19-20-15(25-14)22-5-4-10(7-22)23-12-3-2-9(17)6-11(12)16/h2-3,6,10H,4-5,7H2,1H3. The van der Waals surface area contributed by atoms with Gasteiger partial charge in [0.05, 0.1) is 11.0 Å². The third kappa shape index (κ3) is 3.49. The second-order valence-electron chi connectivity index (χ2n) is 5.58. The summed E-state index contributed by atoms with van der Waals surface area (Å²) in [5.41, 5.74) is 0. The van der Waals surface area contributed by atoms with Crippen LogP contribution < -0.4 is 9.64 Å². The van der Waals surface area contributed by atoms with Gasteiger partial charge in [0, 0.05) is 19.9 Å². The van der Waals surface area contributed by atoms with E-state index >= 15 is 0 Å². The van der Waals surface area contributed by atoms with Crippen molar-refractivity contribution in [2.45, 2.75) is 19.4 Å². The average molecular weight is 426 g/mol. The normalized spacial score (nSPS) is 17.2. The van der Waals surface area contributed by atoms with E-state index in [1.807, 2.05) is 0 Å². The molecule has 130 valence electrons. The molecular weight excluding hydrogens is 413 g/mol. The van der Waals surface area contributed by atoms with Crippen LogP contribution in [0.2, 0.25) is 0 Å². The van der Waals surface area contributed by atoms with E-state index in [0.717, 1.165) is 18.1 Å². The molecule has 4 rings (SSSR count). The molecule has 0 saturated carbocycles. The second kappa shape index (κ2) is 6.68. The van der Waals surface area contributed by atoms with Gasteiger partial charge in [-0.2, -0.15) is 4.98 Å². The van der Waals surface area contributed by atoms with Crippen LogP contribution in [0.15, 0.2) is 27.2 Å². The lowest BCUT2D eigenvalue weighted by Gasteiger charge is -2.16. The minimum Gasteiger partial charge on any atom is -0.487 e. The van der Waals surface area contributed by atoms with Gasteiger partial charge in [-0.3, -0.25) is 0 Å². The largest absolute Gasteiger partial charge is 0.487 e. The Kier molecular flexibility index (Phi) is 4.38. The average Bonchev–Trinajstić information content (AvgIpc) is 3.30. The Labute approximate surface area is 155 Å². The van der Waals surface area contributed by atoms with Crippen molar-refractivity contribution in [1.29, 1.82) is 0 Å². The summed E-state index contributed by atoms with van der Waals surface area (Å²) in [6, 6.07) is 4.41. The molecule has 0 spiro atoms. The van der Waals surface area contributed by atoms with Crippen molar-refractivity contribution in [3.63, 3.8) is 0 Å². The van der Waals surface area contributed by atoms with E-state index in [2.05, 4.69) is 41.2 Å². The van der Waals surface area contributed by atoms with Gasteiger partial charge in [0.1, 0.15) is 17.7 Å². The minimum atomic E-state index is -0.301. The summed E-state index contributed by atoms with van der Waals surface area (Å²) in [5, 5.41) is 13.6. The lowest BCUT2D eigenvalue weighted by molar-refractivity contribution is 0.223. The molecule has 7 nitrogen and oxygen atoms in total. The zero-order chi connectivity index (χ0) is 17.4. The Balaban J connectivity index is 1.43. The molecule has 3 aromatic rings. The van der Waals surface area contributed by atoms with Crippen LogP contribution in [-0.2, 0) is 0 Å². The first-order valence-corrected chi connectivity index (χ1v) is 9.20. The molecule has 10 heteroatoms. The predicted molar refractivity (Wildman–Crippen MR) is 93.3 cm³/mol. The number of ether oxygens (including phenoxy) is 1. The summed E-state index contributed by atoms with van der Waals surface area (Å²) in [6.07, 6.45) is 0.849. The summed E-state index contributed by atoms with van der Waals surface area (Å²) in [5.74, 6) is 1.27. The zero-order valence-electron chi connectivity index (χ0n) is 13.1. The highest BCUT2D eigenvalue weighted by atomic mass is 79.9. The Hall–Kier alpha value is -2.07. The summed E-state index contributed by atoms with van der Waals surface area (Å²) in [6.45, 7) is 3.22. The number of aromatic nitrogens is 4. The first kappa shape index (κ1) is 16.4. The second-order valence-corrected chi connectivity index (χ2v) is 7.39. The molecule has 0 bridgehead atoms. The van der Waals surface area contributed by atoms with Crippen LogP contribution >= 0.6 is 27.3 Å². The van der Waals surface area contributed by atoms with Crippen molar-refractivity contribution >= 4 is 32.4 Å². The Bertz CT molecular complexity index is 902. The van der Waals surface area contributed by atoms with Gasteiger partial charge in [-0.25, -0.2) is 4.39 Å². The van der Waals surface area contributed by atoms with Gasteiger partial charge in [-0.05, 0) is 34.1 Å². The molecule has 1 aliphatic heterocycles. The van der Waals surface area contributed by atoms with Crippen LogP contribution in [0.1, 0.15) is 12.3 Å². The maximum absolute atomic E-state index is 13.2. The van der Waals surface area contributed by atoms with Crippen LogP contribution in [0.4, 0.5) is 9.52 Å². The summed E-state index contributed by atoms with van der Waals surface area (Å²) < 4.78 is 24.7. The molecule has 1 saturated heterocycles. The lowest BCUT2D eigenvalue weighted by Crippen LogP contribution is -2.24. The molecule has 1 unspecified atom stereocenters. The van der Waals surface area contributed by atoms with Crippen LogP contribution in [0.3, 0.4) is 0 Å². The number of halogens is 2. The van der Waals surface area contributed by atoms with Crippen molar-refractivity contribution < 1.29 is 13.7 Å². The maximum atomic E-state index is 13.2. The third-order valence-corrected chi connectivity index (χ3v) is 5.34. The molecular formula is C15H13BrFN5O2S. The molecule has 0 N–H and O–H groups in total. The van der Waals surface area contributed by atoms with Crippen LogP contribution in [0.25, 0.3) is 10.8 Å². The molecule has 1 fully saturated rings. The van der Waals surface area contributed by atoms with Gasteiger partial charge in [0.15, 0.2) is 5.01 Å². The van der Waals surface area contributed by atoms with E-state index in [-0.39, 0.29) is 11.9 Å². The van der Waals surface area contributed by atoms with E-state index in [1.54, 1.807) is 13.0 Å². The smallest absolute Gasteiger partial charge is 0.233 e. The Morgan fingerprint density at radius 3 is 3.04 bits per heavy atom. The highest BCUT2D eigenvalue weighted by Crippen LogP contribution is 2.32. The van der Waals surface area contributed by atoms with Crippen LogP contribution in [-0.4, -0.2) is 39.5 Å². The minimum absolute atomic E-state index is 0.00142. The molecule has 2 aromatic heterocycles. The number of aryl methyl sites for hydroxylation is 1. The predicted octanol–water partition coefficient (Wildman–Crippen LogP) is 3.46. The van der Waals surface area contributed by atoms with Gasteiger partial charge >= 0.3 is 0 Å². The van der Waals surface area contributed by atoms with Crippen molar-refractivity contribution in [2.75, 3.05) is 18.0 Å². The summed E-state index contributed by atoms with van der Waals surface area (Å²) >= 11 is 4.74. The van der Waals surface area contributed by atoms with E-state index in [0.29, 0.717) is 33.5 Å². The van der Waals surface area contributed by atoms with Gasteiger partial charge in [0.2, 0.25) is 16.8 Å². The van der Waals surface area contributed by atoms with Gasteiger partial charge < -0.3 is 14.2 Å². The number of rotatable bonds is 4. The number of hydrogen-bond donors (Lipinski definition) is 0. The van der Waals surface area contributed by atoms with Crippen LogP contribution in [0, 0.1) is 12.7 Å². The van der Waals surface area contributed by atoms with Gasteiger partial charge in [0.25, 0.3) is 0 Å². The highest BCUT2D eigenvalue weighted by Gasteiger charge is 2.27.